The van der Waals surface area contributed by atoms with Gasteiger partial charge in [-0.2, -0.15) is 0 Å². The van der Waals surface area contributed by atoms with Crippen molar-refractivity contribution in [3.05, 3.63) is 80.9 Å². The van der Waals surface area contributed by atoms with Crippen LogP contribution in [0.4, 0.5) is 15.1 Å². The molecular formula is C26H26ClFN2O2S. The summed E-state index contributed by atoms with van der Waals surface area (Å²) in [4.78, 5) is 27.3. The number of benzene rings is 2. The molecule has 1 heterocycles. The molecule has 1 aliphatic rings. The standard InChI is InChI=1S/C26H26ClFN2O2S/c1-26(2,3)15-8-13-19-21(14-15)33-25(30-23(31)18-6-4-5-7-20(18)28)22(19)24(32)29-17-11-9-16(27)10-12-17/h4-7,9-12,15H,8,13-14H2,1-3H3,(H,29,32)(H,30,31). The Morgan fingerprint density at radius 3 is 2.39 bits per heavy atom. The Morgan fingerprint density at radius 1 is 1.03 bits per heavy atom. The van der Waals surface area contributed by atoms with Gasteiger partial charge in [0, 0.05) is 15.6 Å². The second kappa shape index (κ2) is 9.27. The van der Waals surface area contributed by atoms with E-state index >= 15 is 0 Å². The first-order chi connectivity index (χ1) is 15.6. The number of halogens is 2. The summed E-state index contributed by atoms with van der Waals surface area (Å²) in [5.41, 5.74) is 2.13. The number of thiophene rings is 1. The van der Waals surface area contributed by atoms with Gasteiger partial charge in [-0.05, 0) is 72.6 Å². The van der Waals surface area contributed by atoms with Gasteiger partial charge in [0.2, 0.25) is 0 Å². The molecular weight excluding hydrogens is 459 g/mol. The van der Waals surface area contributed by atoms with Gasteiger partial charge in [-0.15, -0.1) is 11.3 Å². The molecule has 0 spiro atoms. The highest BCUT2D eigenvalue weighted by molar-refractivity contribution is 7.17. The number of carbonyl (C=O) groups excluding carboxylic acids is 2. The van der Waals surface area contributed by atoms with Crippen LogP contribution in [-0.4, -0.2) is 11.8 Å². The van der Waals surface area contributed by atoms with Gasteiger partial charge in [-0.3, -0.25) is 9.59 Å². The molecule has 1 aromatic heterocycles. The molecule has 1 aliphatic carbocycles. The van der Waals surface area contributed by atoms with Crippen LogP contribution < -0.4 is 10.6 Å². The summed E-state index contributed by atoms with van der Waals surface area (Å²) >= 11 is 7.37. The van der Waals surface area contributed by atoms with Gasteiger partial charge in [-0.1, -0.05) is 44.5 Å². The van der Waals surface area contributed by atoms with E-state index in [1.54, 1.807) is 30.3 Å². The van der Waals surface area contributed by atoms with Crippen LogP contribution in [0.15, 0.2) is 48.5 Å². The van der Waals surface area contributed by atoms with Crippen molar-refractivity contribution in [2.75, 3.05) is 10.6 Å². The van der Waals surface area contributed by atoms with Crippen LogP contribution in [0.3, 0.4) is 0 Å². The first-order valence-corrected chi connectivity index (χ1v) is 12.1. The highest BCUT2D eigenvalue weighted by Crippen LogP contribution is 2.44. The molecule has 7 heteroatoms. The Kier molecular flexibility index (Phi) is 6.59. The average molecular weight is 485 g/mol. The van der Waals surface area contributed by atoms with Gasteiger partial charge in [0.15, 0.2) is 0 Å². The fourth-order valence-corrected chi connectivity index (χ4v) is 5.64. The Balaban J connectivity index is 1.69. The summed E-state index contributed by atoms with van der Waals surface area (Å²) < 4.78 is 14.2. The second-order valence-electron chi connectivity index (χ2n) is 9.41. The maximum absolute atomic E-state index is 14.2. The molecule has 2 amide bonds. The van der Waals surface area contributed by atoms with Gasteiger partial charge >= 0.3 is 0 Å². The van der Waals surface area contributed by atoms with E-state index in [4.69, 9.17) is 11.6 Å². The third kappa shape index (κ3) is 5.12. The smallest absolute Gasteiger partial charge is 0.259 e. The summed E-state index contributed by atoms with van der Waals surface area (Å²) in [7, 11) is 0. The van der Waals surface area contributed by atoms with E-state index in [-0.39, 0.29) is 16.9 Å². The molecule has 0 radical (unpaired) electrons. The molecule has 4 rings (SSSR count). The van der Waals surface area contributed by atoms with Crippen molar-refractivity contribution >= 4 is 45.4 Å². The van der Waals surface area contributed by atoms with Crippen molar-refractivity contribution in [2.45, 2.75) is 40.0 Å². The Labute approximate surface area is 202 Å². The van der Waals surface area contributed by atoms with E-state index in [9.17, 15) is 14.0 Å². The topological polar surface area (TPSA) is 58.2 Å². The van der Waals surface area contributed by atoms with E-state index in [0.717, 1.165) is 29.7 Å². The molecule has 33 heavy (non-hydrogen) atoms. The maximum atomic E-state index is 14.2. The third-order valence-corrected chi connectivity index (χ3v) is 7.59. The molecule has 0 saturated carbocycles. The first-order valence-electron chi connectivity index (χ1n) is 10.9. The summed E-state index contributed by atoms with van der Waals surface area (Å²) in [6.45, 7) is 6.68. The average Bonchev–Trinajstić information content (AvgIpc) is 3.12. The number of nitrogens with one attached hydrogen (secondary N) is 2. The quantitative estimate of drug-likeness (QED) is 0.411. The van der Waals surface area contributed by atoms with Gasteiger partial charge < -0.3 is 10.6 Å². The Morgan fingerprint density at radius 2 is 1.73 bits per heavy atom. The van der Waals surface area contributed by atoms with Crippen LogP contribution in [0, 0.1) is 17.2 Å². The molecule has 4 nitrogen and oxygen atoms in total. The number of anilines is 2. The zero-order valence-electron chi connectivity index (χ0n) is 18.8. The highest BCUT2D eigenvalue weighted by Gasteiger charge is 2.34. The molecule has 0 bridgehead atoms. The Hall–Kier alpha value is -2.70. The van der Waals surface area contributed by atoms with Crippen molar-refractivity contribution in [3.63, 3.8) is 0 Å². The van der Waals surface area contributed by atoms with E-state index in [1.165, 1.54) is 29.5 Å². The second-order valence-corrected chi connectivity index (χ2v) is 11.0. The van der Waals surface area contributed by atoms with Crippen molar-refractivity contribution in [1.29, 1.82) is 0 Å². The molecule has 3 aromatic rings. The minimum absolute atomic E-state index is 0.0551. The van der Waals surface area contributed by atoms with Gasteiger partial charge in [-0.25, -0.2) is 4.39 Å². The Bertz CT molecular complexity index is 1200. The van der Waals surface area contributed by atoms with Gasteiger partial charge in [0.05, 0.1) is 11.1 Å². The number of amides is 2. The summed E-state index contributed by atoms with van der Waals surface area (Å²) in [5, 5.41) is 6.75. The summed E-state index contributed by atoms with van der Waals surface area (Å²) in [6.07, 6.45) is 2.57. The van der Waals surface area contributed by atoms with Crippen LogP contribution in [-0.2, 0) is 12.8 Å². The summed E-state index contributed by atoms with van der Waals surface area (Å²) in [5.74, 6) is -0.991. The lowest BCUT2D eigenvalue weighted by Crippen LogP contribution is -2.27. The van der Waals surface area contributed by atoms with Crippen molar-refractivity contribution in [2.24, 2.45) is 11.3 Å². The van der Waals surface area contributed by atoms with E-state index in [1.807, 2.05) is 0 Å². The number of hydrogen-bond acceptors (Lipinski definition) is 3. The molecule has 2 N–H and O–H groups in total. The number of rotatable bonds is 4. The van der Waals surface area contributed by atoms with Gasteiger partial charge in [0.25, 0.3) is 11.8 Å². The maximum Gasteiger partial charge on any atom is 0.259 e. The minimum Gasteiger partial charge on any atom is -0.322 e. The zero-order chi connectivity index (χ0) is 23.8. The molecule has 0 fully saturated rings. The van der Waals surface area contributed by atoms with E-state index in [0.29, 0.717) is 27.2 Å². The first kappa shape index (κ1) is 23.5. The molecule has 2 aromatic carbocycles. The lowest BCUT2D eigenvalue weighted by molar-refractivity contribution is 0.102. The number of hydrogen-bond donors (Lipinski definition) is 2. The monoisotopic (exact) mass is 484 g/mol. The SMILES string of the molecule is CC(C)(C)C1CCc2c(sc(NC(=O)c3ccccc3F)c2C(=O)Nc2ccc(Cl)cc2)C1. The molecule has 0 aliphatic heterocycles. The van der Waals surface area contributed by atoms with E-state index < -0.39 is 11.7 Å². The molecule has 0 saturated heterocycles. The van der Waals surface area contributed by atoms with Crippen molar-refractivity contribution in [1.82, 2.24) is 0 Å². The lowest BCUT2D eigenvalue weighted by atomic mass is 9.72. The lowest BCUT2D eigenvalue weighted by Gasteiger charge is -2.33. The van der Waals surface area contributed by atoms with Crippen molar-refractivity contribution < 1.29 is 14.0 Å². The van der Waals surface area contributed by atoms with Crippen molar-refractivity contribution in [3.8, 4) is 0 Å². The third-order valence-electron chi connectivity index (χ3n) is 6.16. The summed E-state index contributed by atoms with van der Waals surface area (Å²) in [6, 6.07) is 12.7. The molecule has 172 valence electrons. The predicted octanol–water partition coefficient (Wildman–Crippen LogP) is 7.20. The van der Waals surface area contributed by atoms with Crippen LogP contribution in [0.1, 0.15) is 58.3 Å². The minimum atomic E-state index is -0.601. The van der Waals surface area contributed by atoms with Crippen LogP contribution in [0.25, 0.3) is 0 Å². The van der Waals surface area contributed by atoms with E-state index in [2.05, 4.69) is 31.4 Å². The van der Waals surface area contributed by atoms with Crippen LogP contribution >= 0.6 is 22.9 Å². The normalized spacial score (nSPS) is 15.6. The molecule has 1 unspecified atom stereocenters. The van der Waals surface area contributed by atoms with Gasteiger partial charge in [0.1, 0.15) is 10.8 Å². The molecule has 1 atom stereocenters. The fraction of sp³-hybridized carbons (Fsp3) is 0.308. The zero-order valence-corrected chi connectivity index (χ0v) is 20.4. The largest absolute Gasteiger partial charge is 0.322 e. The van der Waals surface area contributed by atoms with Crippen LogP contribution in [0.5, 0.6) is 0 Å². The van der Waals surface area contributed by atoms with Crippen LogP contribution in [0.2, 0.25) is 5.02 Å². The fourth-order valence-electron chi connectivity index (χ4n) is 4.20. The number of fused-ring (bicyclic) bond motifs is 1. The highest BCUT2D eigenvalue weighted by atomic mass is 35.5. The number of carbonyl (C=O) groups is 2. The predicted molar refractivity (Wildman–Crippen MR) is 133 cm³/mol.